The van der Waals surface area contributed by atoms with Crippen LogP contribution in [0.1, 0.15) is 46.3 Å². The summed E-state index contributed by atoms with van der Waals surface area (Å²) in [6.45, 7) is 4.70. The predicted octanol–water partition coefficient (Wildman–Crippen LogP) is 3.54. The first-order valence-electron chi connectivity index (χ1n) is 9.46. The minimum atomic E-state index is -0.962. The number of hydrogen-bond acceptors (Lipinski definition) is 3. The average Bonchev–Trinajstić information content (AvgIpc) is 2.67. The summed E-state index contributed by atoms with van der Waals surface area (Å²) in [5.74, 6) is -1.03. The first-order chi connectivity index (χ1) is 13.0. The highest BCUT2D eigenvalue weighted by Gasteiger charge is 2.15. The molecular weight excluding hydrogens is 340 g/mol. The second-order valence-corrected chi connectivity index (χ2v) is 7.14. The van der Waals surface area contributed by atoms with Crippen LogP contribution in [0.5, 0.6) is 0 Å². The Labute approximate surface area is 160 Å². The lowest BCUT2D eigenvalue weighted by molar-refractivity contribution is -0.120. The van der Waals surface area contributed by atoms with Crippen LogP contribution in [0, 0.1) is 6.92 Å². The Balaban J connectivity index is 1.62. The number of nitrogens with zero attached hydrogens (tertiary/aromatic N) is 1. The summed E-state index contributed by atoms with van der Waals surface area (Å²) in [6, 6.07) is 12.9. The third kappa shape index (κ3) is 5.09. The van der Waals surface area contributed by atoms with Crippen molar-refractivity contribution in [3.05, 3.63) is 64.7 Å². The van der Waals surface area contributed by atoms with Crippen LogP contribution in [0.4, 0.5) is 5.69 Å². The van der Waals surface area contributed by atoms with Crippen LogP contribution >= 0.6 is 0 Å². The summed E-state index contributed by atoms with van der Waals surface area (Å²) in [5.41, 5.74) is 4.57. The standard InChI is InChI=1S/C22H26N2O3/c1-16-5-10-20(24-11-3-2-4-12-24)19(13-16)15-23-21(25)14-17-6-8-18(9-7-17)22(26)27/h5-10,13H,2-4,11-12,14-15H2,1H3,(H,23,25)(H,26,27). The van der Waals surface area contributed by atoms with Gasteiger partial charge >= 0.3 is 5.97 Å². The molecule has 3 rings (SSSR count). The zero-order chi connectivity index (χ0) is 19.2. The maximum atomic E-state index is 12.3. The van der Waals surface area contributed by atoms with Crippen LogP contribution < -0.4 is 10.2 Å². The van der Waals surface area contributed by atoms with E-state index in [9.17, 15) is 9.59 Å². The molecule has 0 spiro atoms. The van der Waals surface area contributed by atoms with E-state index in [2.05, 4.69) is 35.3 Å². The molecule has 2 aromatic rings. The van der Waals surface area contributed by atoms with Gasteiger partial charge in [0.2, 0.25) is 5.91 Å². The quantitative estimate of drug-likeness (QED) is 0.820. The fraction of sp³-hybridized carbons (Fsp3) is 0.364. The number of benzene rings is 2. The zero-order valence-corrected chi connectivity index (χ0v) is 15.7. The second kappa shape index (κ2) is 8.71. The molecule has 5 heteroatoms. The van der Waals surface area contributed by atoms with E-state index in [1.165, 1.54) is 42.6 Å². The molecule has 0 saturated carbocycles. The van der Waals surface area contributed by atoms with Crippen molar-refractivity contribution in [2.24, 2.45) is 0 Å². The number of carbonyl (C=O) groups is 2. The summed E-state index contributed by atoms with van der Waals surface area (Å²) >= 11 is 0. The molecule has 0 bridgehead atoms. The van der Waals surface area contributed by atoms with Gasteiger partial charge in [-0.05, 0) is 55.5 Å². The molecule has 0 aliphatic carbocycles. The van der Waals surface area contributed by atoms with Crippen LogP contribution in [0.15, 0.2) is 42.5 Å². The number of aromatic carboxylic acids is 1. The normalized spacial score (nSPS) is 14.0. The number of carbonyl (C=O) groups excluding carboxylic acids is 1. The molecule has 1 aliphatic heterocycles. The smallest absolute Gasteiger partial charge is 0.335 e. The first kappa shape index (κ1) is 19.0. The monoisotopic (exact) mass is 366 g/mol. The Morgan fingerprint density at radius 3 is 2.41 bits per heavy atom. The molecule has 0 atom stereocenters. The molecule has 142 valence electrons. The van der Waals surface area contributed by atoms with Gasteiger partial charge < -0.3 is 15.3 Å². The van der Waals surface area contributed by atoms with Crippen LogP contribution in [-0.4, -0.2) is 30.1 Å². The minimum absolute atomic E-state index is 0.0656. The van der Waals surface area contributed by atoms with Crippen molar-refractivity contribution in [1.82, 2.24) is 5.32 Å². The van der Waals surface area contributed by atoms with E-state index < -0.39 is 5.97 Å². The predicted molar refractivity (Wildman–Crippen MR) is 106 cm³/mol. The number of amides is 1. The van der Waals surface area contributed by atoms with E-state index in [1.807, 2.05) is 0 Å². The first-order valence-corrected chi connectivity index (χ1v) is 9.46. The highest BCUT2D eigenvalue weighted by atomic mass is 16.4. The Bertz CT molecular complexity index is 809. The Morgan fingerprint density at radius 1 is 1.04 bits per heavy atom. The number of anilines is 1. The molecule has 0 aromatic heterocycles. The Hall–Kier alpha value is -2.82. The maximum absolute atomic E-state index is 12.3. The van der Waals surface area contributed by atoms with Crippen LogP contribution in [0.25, 0.3) is 0 Å². The van der Waals surface area contributed by atoms with E-state index >= 15 is 0 Å². The van der Waals surface area contributed by atoms with Crippen LogP contribution in [0.3, 0.4) is 0 Å². The summed E-state index contributed by atoms with van der Waals surface area (Å²) in [6.07, 6.45) is 3.96. The largest absolute Gasteiger partial charge is 0.478 e. The van der Waals surface area contributed by atoms with E-state index in [0.717, 1.165) is 24.2 Å². The van der Waals surface area contributed by atoms with Gasteiger partial charge in [-0.25, -0.2) is 4.79 Å². The number of nitrogens with one attached hydrogen (secondary N) is 1. The molecule has 5 nitrogen and oxygen atoms in total. The van der Waals surface area contributed by atoms with Crippen LogP contribution in [0.2, 0.25) is 0 Å². The van der Waals surface area contributed by atoms with Gasteiger partial charge in [-0.3, -0.25) is 4.79 Å². The van der Waals surface area contributed by atoms with E-state index in [4.69, 9.17) is 5.11 Å². The third-order valence-corrected chi connectivity index (χ3v) is 4.97. The van der Waals surface area contributed by atoms with Gasteiger partial charge in [0.1, 0.15) is 0 Å². The highest BCUT2D eigenvalue weighted by molar-refractivity contribution is 5.87. The molecule has 2 aromatic carbocycles. The number of piperidine rings is 1. The van der Waals surface area contributed by atoms with Crippen molar-refractivity contribution in [1.29, 1.82) is 0 Å². The van der Waals surface area contributed by atoms with Gasteiger partial charge in [-0.2, -0.15) is 0 Å². The summed E-state index contributed by atoms with van der Waals surface area (Å²) in [7, 11) is 0. The number of hydrogen-bond donors (Lipinski definition) is 2. The minimum Gasteiger partial charge on any atom is -0.478 e. The van der Waals surface area contributed by atoms with Crippen molar-refractivity contribution in [3.63, 3.8) is 0 Å². The van der Waals surface area contributed by atoms with E-state index in [0.29, 0.717) is 6.54 Å². The SMILES string of the molecule is Cc1ccc(N2CCCCC2)c(CNC(=O)Cc2ccc(C(=O)O)cc2)c1. The van der Waals surface area contributed by atoms with Crippen molar-refractivity contribution in [3.8, 4) is 0 Å². The van der Waals surface area contributed by atoms with Crippen molar-refractivity contribution in [2.45, 2.75) is 39.2 Å². The van der Waals surface area contributed by atoms with Crippen molar-refractivity contribution in [2.75, 3.05) is 18.0 Å². The van der Waals surface area contributed by atoms with E-state index in [-0.39, 0.29) is 17.9 Å². The van der Waals surface area contributed by atoms with Crippen molar-refractivity contribution >= 4 is 17.6 Å². The van der Waals surface area contributed by atoms with Gasteiger partial charge in [-0.1, -0.05) is 29.8 Å². The molecule has 0 unspecified atom stereocenters. The second-order valence-electron chi connectivity index (χ2n) is 7.14. The fourth-order valence-electron chi connectivity index (χ4n) is 3.51. The molecule has 27 heavy (non-hydrogen) atoms. The number of carboxylic acids is 1. The lowest BCUT2D eigenvalue weighted by atomic mass is 10.0. The summed E-state index contributed by atoms with van der Waals surface area (Å²) in [4.78, 5) is 25.6. The number of carboxylic acid groups (broad SMARTS) is 1. The summed E-state index contributed by atoms with van der Waals surface area (Å²) in [5, 5.41) is 12.0. The third-order valence-electron chi connectivity index (χ3n) is 4.97. The lowest BCUT2D eigenvalue weighted by Crippen LogP contribution is -2.31. The van der Waals surface area contributed by atoms with Gasteiger partial charge in [0.15, 0.2) is 0 Å². The molecular formula is C22H26N2O3. The average molecular weight is 366 g/mol. The molecule has 1 fully saturated rings. The van der Waals surface area contributed by atoms with E-state index in [1.54, 1.807) is 12.1 Å². The number of aryl methyl sites for hydroxylation is 1. The Kier molecular flexibility index (Phi) is 6.12. The fourth-order valence-corrected chi connectivity index (χ4v) is 3.51. The molecule has 2 N–H and O–H groups in total. The molecule has 1 amide bonds. The Morgan fingerprint density at radius 2 is 1.74 bits per heavy atom. The number of rotatable bonds is 6. The molecule has 1 aliphatic rings. The van der Waals surface area contributed by atoms with Gasteiger partial charge in [0.25, 0.3) is 0 Å². The summed E-state index contributed by atoms with van der Waals surface area (Å²) < 4.78 is 0. The topological polar surface area (TPSA) is 69.6 Å². The molecule has 0 radical (unpaired) electrons. The zero-order valence-electron chi connectivity index (χ0n) is 15.7. The lowest BCUT2D eigenvalue weighted by Gasteiger charge is -2.31. The molecule has 1 saturated heterocycles. The van der Waals surface area contributed by atoms with Gasteiger partial charge in [-0.15, -0.1) is 0 Å². The highest BCUT2D eigenvalue weighted by Crippen LogP contribution is 2.25. The van der Waals surface area contributed by atoms with Crippen molar-refractivity contribution < 1.29 is 14.7 Å². The molecule has 1 heterocycles. The van der Waals surface area contributed by atoms with Gasteiger partial charge in [0, 0.05) is 25.3 Å². The van der Waals surface area contributed by atoms with Gasteiger partial charge in [0.05, 0.1) is 12.0 Å². The maximum Gasteiger partial charge on any atom is 0.335 e. The van der Waals surface area contributed by atoms with Crippen LogP contribution in [-0.2, 0) is 17.8 Å².